The third-order valence-corrected chi connectivity index (χ3v) is 4.67. The summed E-state index contributed by atoms with van der Waals surface area (Å²) in [5, 5.41) is -0.575. The molecule has 0 spiro atoms. The van der Waals surface area contributed by atoms with Crippen molar-refractivity contribution in [2.24, 2.45) is 0 Å². The van der Waals surface area contributed by atoms with Crippen LogP contribution in [0.2, 0.25) is 5.02 Å². The second-order valence-corrected chi connectivity index (χ2v) is 6.65. The van der Waals surface area contributed by atoms with E-state index in [1.165, 1.54) is 7.11 Å². The molecular formula is C14H10ClF4NO3S. The van der Waals surface area contributed by atoms with E-state index in [0.29, 0.717) is 12.1 Å². The molecule has 0 heterocycles. The quantitative estimate of drug-likeness (QED) is 0.800. The second kappa shape index (κ2) is 6.48. The average molecular weight is 384 g/mol. The summed E-state index contributed by atoms with van der Waals surface area (Å²) in [6, 6.07) is 5.29. The van der Waals surface area contributed by atoms with E-state index in [9.17, 15) is 26.0 Å². The summed E-state index contributed by atoms with van der Waals surface area (Å²) in [5.74, 6) is -1.00. The van der Waals surface area contributed by atoms with Crippen molar-refractivity contribution < 1.29 is 30.7 Å². The summed E-state index contributed by atoms with van der Waals surface area (Å²) in [7, 11) is -3.20. The fourth-order valence-electron chi connectivity index (χ4n) is 1.88. The first kappa shape index (κ1) is 18.3. The van der Waals surface area contributed by atoms with Crippen LogP contribution in [0.15, 0.2) is 41.3 Å². The highest BCUT2D eigenvalue weighted by Gasteiger charge is 2.33. The minimum Gasteiger partial charge on any atom is -0.495 e. The van der Waals surface area contributed by atoms with Crippen LogP contribution in [-0.2, 0) is 16.2 Å². The largest absolute Gasteiger partial charge is 0.495 e. The van der Waals surface area contributed by atoms with Gasteiger partial charge in [0.1, 0.15) is 16.5 Å². The van der Waals surface area contributed by atoms with Gasteiger partial charge in [-0.3, -0.25) is 4.72 Å². The van der Waals surface area contributed by atoms with Crippen LogP contribution in [-0.4, -0.2) is 15.5 Å². The summed E-state index contributed by atoms with van der Waals surface area (Å²) >= 11 is 5.47. The summed E-state index contributed by atoms with van der Waals surface area (Å²) in [6.45, 7) is 0. The van der Waals surface area contributed by atoms with Crippen LogP contribution >= 0.6 is 11.6 Å². The van der Waals surface area contributed by atoms with Gasteiger partial charge in [-0.15, -0.1) is 0 Å². The molecule has 2 rings (SSSR count). The SMILES string of the molecule is COc1ccc(F)cc1S(=O)(=O)Nc1ccc(Cl)c(C(F)(F)F)c1. The van der Waals surface area contributed by atoms with Crippen molar-refractivity contribution in [2.45, 2.75) is 11.1 Å². The summed E-state index contributed by atoms with van der Waals surface area (Å²) in [4.78, 5) is -0.548. The number of alkyl halides is 3. The Morgan fingerprint density at radius 2 is 1.79 bits per heavy atom. The van der Waals surface area contributed by atoms with E-state index in [0.717, 1.165) is 24.3 Å². The molecule has 0 aliphatic rings. The Kier molecular flexibility index (Phi) is 4.95. The molecule has 0 atom stereocenters. The van der Waals surface area contributed by atoms with Crippen molar-refractivity contribution in [2.75, 3.05) is 11.8 Å². The fraction of sp³-hybridized carbons (Fsp3) is 0.143. The molecule has 0 aliphatic carbocycles. The lowest BCUT2D eigenvalue weighted by molar-refractivity contribution is -0.137. The van der Waals surface area contributed by atoms with Crippen molar-refractivity contribution in [1.82, 2.24) is 0 Å². The van der Waals surface area contributed by atoms with Gasteiger partial charge < -0.3 is 4.74 Å². The number of hydrogen-bond acceptors (Lipinski definition) is 3. The number of ether oxygens (including phenoxy) is 1. The predicted molar refractivity (Wildman–Crippen MR) is 80.2 cm³/mol. The highest BCUT2D eigenvalue weighted by Crippen LogP contribution is 2.37. The molecular weight excluding hydrogens is 374 g/mol. The van der Waals surface area contributed by atoms with Crippen LogP contribution in [0.25, 0.3) is 0 Å². The Bertz CT molecular complexity index is 869. The monoisotopic (exact) mass is 383 g/mol. The molecule has 10 heteroatoms. The molecule has 24 heavy (non-hydrogen) atoms. The second-order valence-electron chi connectivity index (χ2n) is 4.59. The Balaban J connectivity index is 2.46. The first-order chi connectivity index (χ1) is 11.0. The van der Waals surface area contributed by atoms with Crippen LogP contribution in [0, 0.1) is 5.82 Å². The lowest BCUT2D eigenvalue weighted by atomic mass is 10.2. The minimum absolute atomic E-state index is 0.158. The molecule has 0 bridgehead atoms. The van der Waals surface area contributed by atoms with Gasteiger partial charge in [-0.25, -0.2) is 12.8 Å². The highest BCUT2D eigenvalue weighted by molar-refractivity contribution is 7.92. The van der Waals surface area contributed by atoms with E-state index in [2.05, 4.69) is 0 Å². The first-order valence-electron chi connectivity index (χ1n) is 6.27. The molecule has 2 aromatic carbocycles. The molecule has 0 unspecified atom stereocenters. The topological polar surface area (TPSA) is 55.4 Å². The van der Waals surface area contributed by atoms with Gasteiger partial charge in [0.25, 0.3) is 10.0 Å². The fourth-order valence-corrected chi connectivity index (χ4v) is 3.33. The van der Waals surface area contributed by atoms with Gasteiger partial charge in [0.05, 0.1) is 17.7 Å². The van der Waals surface area contributed by atoms with Crippen molar-refractivity contribution in [3.63, 3.8) is 0 Å². The standard InChI is InChI=1S/C14H10ClF4NO3S/c1-23-12-5-2-8(16)6-13(12)24(21,22)20-9-3-4-11(15)10(7-9)14(17,18)19/h2-7,20H,1H3. The Morgan fingerprint density at radius 3 is 2.38 bits per heavy atom. The summed E-state index contributed by atoms with van der Waals surface area (Å²) in [5.41, 5.74) is -1.58. The number of methoxy groups -OCH3 is 1. The van der Waals surface area contributed by atoms with E-state index in [-0.39, 0.29) is 11.4 Å². The van der Waals surface area contributed by atoms with E-state index in [1.54, 1.807) is 0 Å². The zero-order chi connectivity index (χ0) is 18.1. The summed E-state index contributed by atoms with van der Waals surface area (Å²) in [6.07, 6.45) is -4.75. The number of rotatable bonds is 4. The molecule has 130 valence electrons. The number of anilines is 1. The maximum absolute atomic E-state index is 13.3. The van der Waals surface area contributed by atoms with Crippen LogP contribution in [0.3, 0.4) is 0 Å². The smallest absolute Gasteiger partial charge is 0.417 e. The van der Waals surface area contributed by atoms with Gasteiger partial charge >= 0.3 is 6.18 Å². The molecule has 2 aromatic rings. The molecule has 0 radical (unpaired) electrons. The van der Waals surface area contributed by atoms with Crippen LogP contribution in [0.5, 0.6) is 5.75 Å². The summed E-state index contributed by atoms with van der Waals surface area (Å²) < 4.78 is 83.2. The molecule has 0 saturated heterocycles. The number of hydrogen-bond donors (Lipinski definition) is 1. The zero-order valence-electron chi connectivity index (χ0n) is 12.0. The van der Waals surface area contributed by atoms with Crippen molar-refractivity contribution >= 4 is 27.3 Å². The molecule has 0 aliphatic heterocycles. The zero-order valence-corrected chi connectivity index (χ0v) is 13.6. The Morgan fingerprint density at radius 1 is 1.12 bits per heavy atom. The first-order valence-corrected chi connectivity index (χ1v) is 8.14. The van der Waals surface area contributed by atoms with Crippen LogP contribution in [0.1, 0.15) is 5.56 Å². The molecule has 1 N–H and O–H groups in total. The van der Waals surface area contributed by atoms with E-state index >= 15 is 0 Å². The van der Waals surface area contributed by atoms with Gasteiger partial charge in [0.2, 0.25) is 0 Å². The van der Waals surface area contributed by atoms with Crippen LogP contribution < -0.4 is 9.46 Å². The van der Waals surface area contributed by atoms with Gasteiger partial charge in [-0.05, 0) is 36.4 Å². The predicted octanol–water partition coefficient (Wildman–Crippen LogP) is 4.31. The maximum Gasteiger partial charge on any atom is 0.417 e. The Labute approximate surface area is 140 Å². The molecule has 4 nitrogen and oxygen atoms in total. The average Bonchev–Trinajstić information content (AvgIpc) is 2.48. The van der Waals surface area contributed by atoms with Crippen LogP contribution in [0.4, 0.5) is 23.2 Å². The van der Waals surface area contributed by atoms with Crippen molar-refractivity contribution in [3.8, 4) is 5.75 Å². The molecule has 0 amide bonds. The van der Waals surface area contributed by atoms with Crippen molar-refractivity contribution in [1.29, 1.82) is 0 Å². The van der Waals surface area contributed by atoms with E-state index in [4.69, 9.17) is 16.3 Å². The highest BCUT2D eigenvalue weighted by atomic mass is 35.5. The van der Waals surface area contributed by atoms with E-state index < -0.39 is 37.5 Å². The third-order valence-electron chi connectivity index (χ3n) is 2.94. The molecule has 0 fully saturated rings. The van der Waals surface area contributed by atoms with E-state index in [1.807, 2.05) is 4.72 Å². The lowest BCUT2D eigenvalue weighted by Gasteiger charge is -2.14. The lowest BCUT2D eigenvalue weighted by Crippen LogP contribution is -2.15. The van der Waals surface area contributed by atoms with Gasteiger partial charge in [0, 0.05) is 5.69 Å². The minimum atomic E-state index is -4.75. The normalized spacial score (nSPS) is 12.1. The molecule has 0 aromatic heterocycles. The van der Waals surface area contributed by atoms with Gasteiger partial charge in [0.15, 0.2) is 0 Å². The van der Waals surface area contributed by atoms with Gasteiger partial charge in [-0.1, -0.05) is 11.6 Å². The van der Waals surface area contributed by atoms with Gasteiger partial charge in [-0.2, -0.15) is 13.2 Å². The number of benzene rings is 2. The van der Waals surface area contributed by atoms with Crippen molar-refractivity contribution in [3.05, 3.63) is 52.8 Å². The Hall–Kier alpha value is -2.00. The third kappa shape index (κ3) is 3.90. The number of halogens is 5. The number of nitrogens with one attached hydrogen (secondary N) is 1. The number of sulfonamides is 1. The maximum atomic E-state index is 13.3. The molecule has 0 saturated carbocycles.